The molecule has 5 nitrogen and oxygen atoms in total. The molecule has 336 valence electrons. The first-order chi connectivity index (χ1) is 29.6. The first kappa shape index (κ1) is 56.0. The molecule has 0 spiro atoms. The Labute approximate surface area is 368 Å². The van der Waals surface area contributed by atoms with Gasteiger partial charge in [0.25, 0.3) is 0 Å². The summed E-state index contributed by atoms with van der Waals surface area (Å²) in [5.41, 5.74) is 0. The fraction of sp³-hybridized carbons (Fsp3) is 0.564. The zero-order valence-electron chi connectivity index (χ0n) is 38.2. The molecule has 0 aromatic carbocycles. The zero-order valence-corrected chi connectivity index (χ0v) is 38.2. The number of ether oxygens (including phenoxy) is 2. The zero-order chi connectivity index (χ0) is 43.5. The van der Waals surface area contributed by atoms with Crippen LogP contribution in [-0.4, -0.2) is 36.4 Å². The van der Waals surface area contributed by atoms with Crippen LogP contribution in [0.5, 0.6) is 0 Å². The molecule has 5 heteroatoms. The van der Waals surface area contributed by atoms with E-state index in [2.05, 4.69) is 148 Å². The molecule has 0 aliphatic carbocycles. The van der Waals surface area contributed by atoms with Crippen molar-refractivity contribution in [1.29, 1.82) is 0 Å². The van der Waals surface area contributed by atoms with Gasteiger partial charge in [0.2, 0.25) is 0 Å². The van der Waals surface area contributed by atoms with Gasteiger partial charge in [-0.05, 0) is 109 Å². The predicted molar refractivity (Wildman–Crippen MR) is 260 cm³/mol. The fourth-order valence-corrected chi connectivity index (χ4v) is 5.94. The first-order valence-corrected chi connectivity index (χ1v) is 23.7. The van der Waals surface area contributed by atoms with Crippen LogP contribution in [0.4, 0.5) is 0 Å². The average molecular weight is 827 g/mol. The second kappa shape index (κ2) is 49.4. The Hall–Kier alpha value is -3.96. The number of rotatable bonds is 41. The molecule has 0 aromatic rings. The monoisotopic (exact) mass is 827 g/mol. The Kier molecular flexibility index (Phi) is 46.1. The van der Waals surface area contributed by atoms with Crippen molar-refractivity contribution >= 4 is 11.9 Å². The smallest absolute Gasteiger partial charge is 0.306 e. The number of unbranched alkanes of at least 4 members (excludes halogenated alkanes) is 11. The summed E-state index contributed by atoms with van der Waals surface area (Å²) in [5, 5.41) is 9.60. The van der Waals surface area contributed by atoms with E-state index in [1.54, 1.807) is 0 Å². The Morgan fingerprint density at radius 2 is 0.667 bits per heavy atom. The standard InChI is InChI=1S/C55H86O5/c1-3-5-7-9-11-13-15-17-19-21-22-23-24-25-26-27-28-29-30-31-32-34-36-38-40-42-44-46-48-50-55(58)60-53(51-56)52-59-54(57)49-47-45-43-41-39-37-35-33-20-18-16-14-12-10-8-6-4-2/h5-8,11-14,17-20,22-23,25-26,28-29,31-32,36,38,53,56H,3-4,9-10,15-16,21,24,27,30,33-35,37,39-52H2,1-2H3/b7-5-,8-6-,13-11-,14-12-,19-17-,20-18-,23-22-,26-25-,29-28-,32-31-,38-36-. The van der Waals surface area contributed by atoms with Crippen molar-refractivity contribution in [3.8, 4) is 0 Å². The predicted octanol–water partition coefficient (Wildman–Crippen LogP) is 15.7. The summed E-state index contributed by atoms with van der Waals surface area (Å²) < 4.78 is 10.6. The van der Waals surface area contributed by atoms with Gasteiger partial charge in [-0.1, -0.05) is 192 Å². The topological polar surface area (TPSA) is 72.8 Å². The maximum Gasteiger partial charge on any atom is 0.306 e. The van der Waals surface area contributed by atoms with Gasteiger partial charge in [0.15, 0.2) is 6.10 Å². The van der Waals surface area contributed by atoms with Crippen LogP contribution in [-0.2, 0) is 19.1 Å². The van der Waals surface area contributed by atoms with Gasteiger partial charge in [0, 0.05) is 12.8 Å². The third-order valence-corrected chi connectivity index (χ3v) is 9.44. The molecule has 1 N–H and O–H groups in total. The molecule has 0 amide bonds. The molecule has 0 fully saturated rings. The third kappa shape index (κ3) is 46.7. The molecule has 60 heavy (non-hydrogen) atoms. The van der Waals surface area contributed by atoms with E-state index in [0.717, 1.165) is 128 Å². The molecule has 0 radical (unpaired) electrons. The Balaban J connectivity index is 3.68. The highest BCUT2D eigenvalue weighted by molar-refractivity contribution is 5.70. The van der Waals surface area contributed by atoms with E-state index in [9.17, 15) is 14.7 Å². The lowest BCUT2D eigenvalue weighted by Crippen LogP contribution is -2.28. The number of aliphatic hydroxyl groups is 1. The molecule has 0 heterocycles. The van der Waals surface area contributed by atoms with Crippen LogP contribution in [0.2, 0.25) is 0 Å². The minimum atomic E-state index is -0.800. The number of carbonyl (C=O) groups is 2. The van der Waals surface area contributed by atoms with E-state index >= 15 is 0 Å². The number of aliphatic hydroxyl groups excluding tert-OH is 1. The highest BCUT2D eigenvalue weighted by atomic mass is 16.6. The van der Waals surface area contributed by atoms with Gasteiger partial charge < -0.3 is 14.6 Å². The molecule has 0 saturated heterocycles. The van der Waals surface area contributed by atoms with Gasteiger partial charge in [-0.2, -0.15) is 0 Å². The number of hydrogen-bond donors (Lipinski definition) is 1. The summed E-state index contributed by atoms with van der Waals surface area (Å²) in [7, 11) is 0. The second-order valence-corrected chi connectivity index (χ2v) is 15.1. The van der Waals surface area contributed by atoms with Crippen LogP contribution in [0.25, 0.3) is 0 Å². The highest BCUT2D eigenvalue weighted by Crippen LogP contribution is 2.12. The number of allylic oxidation sites excluding steroid dienone is 22. The maximum absolute atomic E-state index is 12.2. The molecule has 0 aliphatic heterocycles. The van der Waals surface area contributed by atoms with E-state index in [4.69, 9.17) is 9.47 Å². The third-order valence-electron chi connectivity index (χ3n) is 9.44. The normalized spacial score (nSPS) is 13.4. The van der Waals surface area contributed by atoms with Crippen LogP contribution in [0.1, 0.15) is 181 Å². The van der Waals surface area contributed by atoms with Crippen molar-refractivity contribution in [1.82, 2.24) is 0 Å². The minimum Gasteiger partial charge on any atom is -0.462 e. The van der Waals surface area contributed by atoms with Crippen molar-refractivity contribution in [2.75, 3.05) is 13.2 Å². The van der Waals surface area contributed by atoms with E-state index < -0.39 is 6.10 Å². The summed E-state index contributed by atoms with van der Waals surface area (Å²) in [4.78, 5) is 24.4. The van der Waals surface area contributed by atoms with Gasteiger partial charge in [-0.3, -0.25) is 9.59 Å². The van der Waals surface area contributed by atoms with E-state index in [1.165, 1.54) is 25.7 Å². The van der Waals surface area contributed by atoms with Crippen LogP contribution >= 0.6 is 0 Å². The molecule has 0 aliphatic rings. The van der Waals surface area contributed by atoms with E-state index in [0.29, 0.717) is 12.8 Å². The van der Waals surface area contributed by atoms with Gasteiger partial charge in [0.1, 0.15) is 6.61 Å². The molecule has 1 atom stereocenters. The SMILES string of the molecule is CC/C=C\C/C=C\C/C=C\C/C=C\C/C=C\C/C=C\C/C=C\C/C=C\CCCCCCC(=O)OC(CO)COC(=O)CCCCCCCCC/C=C\C/C=C\C/C=C\CC. The molecular weight excluding hydrogens is 741 g/mol. The maximum atomic E-state index is 12.2. The fourth-order valence-electron chi connectivity index (χ4n) is 5.94. The molecule has 0 aromatic heterocycles. The summed E-state index contributed by atoms with van der Waals surface area (Å²) in [6.45, 7) is 3.87. The lowest BCUT2D eigenvalue weighted by atomic mass is 10.1. The van der Waals surface area contributed by atoms with Crippen molar-refractivity contribution in [2.24, 2.45) is 0 Å². The van der Waals surface area contributed by atoms with Crippen LogP contribution in [0.15, 0.2) is 134 Å². The summed E-state index contributed by atoms with van der Waals surface area (Å²) in [6.07, 6.45) is 73.8. The number of hydrogen-bond acceptors (Lipinski definition) is 5. The summed E-state index contributed by atoms with van der Waals surface area (Å²) in [5.74, 6) is -0.644. The quantitative estimate of drug-likeness (QED) is 0.0378. The Bertz CT molecular complexity index is 1300. The first-order valence-electron chi connectivity index (χ1n) is 23.7. The number of carbonyl (C=O) groups excluding carboxylic acids is 2. The van der Waals surface area contributed by atoms with Crippen LogP contribution in [0.3, 0.4) is 0 Å². The van der Waals surface area contributed by atoms with Crippen molar-refractivity contribution in [3.63, 3.8) is 0 Å². The Morgan fingerprint density at radius 1 is 0.383 bits per heavy atom. The van der Waals surface area contributed by atoms with Gasteiger partial charge in [-0.15, -0.1) is 0 Å². The lowest BCUT2D eigenvalue weighted by molar-refractivity contribution is -0.161. The minimum absolute atomic E-state index is 0.0911. The van der Waals surface area contributed by atoms with Crippen molar-refractivity contribution in [2.45, 2.75) is 187 Å². The lowest BCUT2D eigenvalue weighted by Gasteiger charge is -2.15. The van der Waals surface area contributed by atoms with Crippen molar-refractivity contribution < 1.29 is 24.2 Å². The van der Waals surface area contributed by atoms with E-state index in [1.807, 2.05) is 0 Å². The molecule has 0 saturated carbocycles. The Morgan fingerprint density at radius 3 is 1.00 bits per heavy atom. The molecule has 1 unspecified atom stereocenters. The molecule has 0 rings (SSSR count). The van der Waals surface area contributed by atoms with E-state index in [-0.39, 0.29) is 25.2 Å². The summed E-state index contributed by atoms with van der Waals surface area (Å²) in [6, 6.07) is 0. The van der Waals surface area contributed by atoms with Gasteiger partial charge in [-0.25, -0.2) is 0 Å². The highest BCUT2D eigenvalue weighted by Gasteiger charge is 2.16. The van der Waals surface area contributed by atoms with Crippen LogP contribution < -0.4 is 0 Å². The second-order valence-electron chi connectivity index (χ2n) is 15.1. The van der Waals surface area contributed by atoms with Gasteiger partial charge in [0.05, 0.1) is 6.61 Å². The molecule has 0 bridgehead atoms. The van der Waals surface area contributed by atoms with Crippen molar-refractivity contribution in [3.05, 3.63) is 134 Å². The summed E-state index contributed by atoms with van der Waals surface area (Å²) >= 11 is 0. The number of esters is 2. The van der Waals surface area contributed by atoms with Crippen LogP contribution in [0, 0.1) is 0 Å². The van der Waals surface area contributed by atoms with Gasteiger partial charge >= 0.3 is 11.9 Å². The molecular formula is C55H86O5. The average Bonchev–Trinajstić information content (AvgIpc) is 3.25. The largest absolute Gasteiger partial charge is 0.462 e.